The van der Waals surface area contributed by atoms with Crippen LogP contribution in [0.1, 0.15) is 5.56 Å². The molecule has 0 saturated carbocycles. The van der Waals surface area contributed by atoms with E-state index in [0.29, 0.717) is 6.42 Å². The minimum atomic E-state index is -0.729. The van der Waals surface area contributed by atoms with Crippen LogP contribution in [0.2, 0.25) is 0 Å². The summed E-state index contributed by atoms with van der Waals surface area (Å²) in [7, 11) is 0. The zero-order chi connectivity index (χ0) is 8.81. The number of nitrogens with zero attached hydrogens (tertiary/aromatic N) is 1. The Labute approximate surface area is 70.4 Å². The van der Waals surface area contributed by atoms with Crippen molar-refractivity contribution in [3.05, 3.63) is 40.8 Å². The van der Waals surface area contributed by atoms with Crippen molar-refractivity contribution in [2.24, 2.45) is 5.18 Å². The van der Waals surface area contributed by atoms with Gasteiger partial charge >= 0.3 is 0 Å². The molecule has 0 heterocycles. The molecule has 3 heteroatoms. The molecule has 0 radical (unpaired) electrons. The summed E-state index contributed by atoms with van der Waals surface area (Å²) in [6, 6.07) is 8.57. The largest absolute Gasteiger partial charge is 0.249 e. The Hall–Kier alpha value is -1.25. The van der Waals surface area contributed by atoms with Gasteiger partial charge in [0.1, 0.15) is 12.7 Å². The molecule has 1 unspecified atom stereocenters. The van der Waals surface area contributed by atoms with Crippen molar-refractivity contribution < 1.29 is 4.39 Å². The lowest BCUT2D eigenvalue weighted by atomic mass is 10.1. The number of rotatable bonds is 4. The van der Waals surface area contributed by atoms with E-state index in [4.69, 9.17) is 0 Å². The topological polar surface area (TPSA) is 29.4 Å². The molecule has 0 bridgehead atoms. The van der Waals surface area contributed by atoms with Crippen LogP contribution < -0.4 is 0 Å². The molecule has 2 nitrogen and oxygen atoms in total. The molecule has 0 saturated heterocycles. The maximum absolute atomic E-state index is 12.0. The number of nitroso groups, excluding NO2 is 1. The normalized spacial score (nSPS) is 12.4. The number of hydrogen-bond acceptors (Lipinski definition) is 2. The Morgan fingerprint density at radius 2 is 2.00 bits per heavy atom. The molecule has 0 amide bonds. The average Bonchev–Trinajstić information content (AvgIpc) is 2.16. The minimum absolute atomic E-state index is 0.390. The van der Waals surface area contributed by atoms with E-state index in [1.807, 2.05) is 30.3 Å². The van der Waals surface area contributed by atoms with Crippen molar-refractivity contribution in [3.63, 3.8) is 0 Å². The SMILES string of the molecule is O=NC(CF)Cc1ccccc1. The van der Waals surface area contributed by atoms with Gasteiger partial charge in [0.15, 0.2) is 0 Å². The highest BCUT2D eigenvalue weighted by Crippen LogP contribution is 2.05. The third kappa shape index (κ3) is 2.42. The van der Waals surface area contributed by atoms with Crippen molar-refractivity contribution in [2.45, 2.75) is 12.5 Å². The molecule has 1 aromatic rings. The van der Waals surface area contributed by atoms with Gasteiger partial charge in [-0.05, 0) is 5.56 Å². The van der Waals surface area contributed by atoms with Crippen LogP contribution in [0.4, 0.5) is 4.39 Å². The van der Waals surface area contributed by atoms with Crippen molar-refractivity contribution in [1.29, 1.82) is 0 Å². The summed E-state index contributed by atoms with van der Waals surface area (Å²) in [5.74, 6) is 0. The van der Waals surface area contributed by atoms with Crippen LogP contribution in [0.15, 0.2) is 35.5 Å². The second-order valence-electron chi connectivity index (χ2n) is 2.60. The first kappa shape index (κ1) is 8.84. The molecule has 12 heavy (non-hydrogen) atoms. The van der Waals surface area contributed by atoms with E-state index in [1.54, 1.807) is 0 Å². The molecule has 0 aliphatic heterocycles. The molecule has 0 aliphatic carbocycles. The van der Waals surface area contributed by atoms with Crippen molar-refractivity contribution >= 4 is 0 Å². The summed E-state index contributed by atoms with van der Waals surface area (Å²) in [5.41, 5.74) is 0.944. The van der Waals surface area contributed by atoms with Crippen LogP contribution in [-0.2, 0) is 6.42 Å². The molecule has 0 N–H and O–H groups in total. The highest BCUT2D eigenvalue weighted by molar-refractivity contribution is 5.15. The Bertz CT molecular complexity index is 238. The van der Waals surface area contributed by atoms with Crippen LogP contribution in [0, 0.1) is 4.91 Å². The summed E-state index contributed by atoms with van der Waals surface area (Å²) in [6.45, 7) is -0.682. The van der Waals surface area contributed by atoms with Crippen LogP contribution in [-0.4, -0.2) is 12.7 Å². The zero-order valence-electron chi connectivity index (χ0n) is 6.61. The van der Waals surface area contributed by atoms with E-state index < -0.39 is 12.7 Å². The van der Waals surface area contributed by atoms with Crippen LogP contribution in [0.5, 0.6) is 0 Å². The molecular formula is C9H10FNO. The lowest BCUT2D eigenvalue weighted by Crippen LogP contribution is -2.09. The van der Waals surface area contributed by atoms with E-state index in [9.17, 15) is 9.30 Å². The van der Waals surface area contributed by atoms with Gasteiger partial charge in [0.25, 0.3) is 0 Å². The van der Waals surface area contributed by atoms with Gasteiger partial charge in [-0.25, -0.2) is 4.39 Å². The van der Waals surface area contributed by atoms with Crippen LogP contribution in [0.3, 0.4) is 0 Å². The molecule has 0 spiro atoms. The average molecular weight is 167 g/mol. The van der Waals surface area contributed by atoms with E-state index in [0.717, 1.165) is 5.56 Å². The first-order valence-electron chi connectivity index (χ1n) is 3.79. The van der Waals surface area contributed by atoms with Crippen LogP contribution in [0.25, 0.3) is 0 Å². The lowest BCUT2D eigenvalue weighted by Gasteiger charge is -2.02. The van der Waals surface area contributed by atoms with E-state index >= 15 is 0 Å². The summed E-state index contributed by atoms with van der Waals surface area (Å²) in [5, 5.41) is 2.68. The zero-order valence-corrected chi connectivity index (χ0v) is 6.61. The fourth-order valence-electron chi connectivity index (χ4n) is 1.01. The minimum Gasteiger partial charge on any atom is -0.249 e. The monoisotopic (exact) mass is 167 g/mol. The fourth-order valence-corrected chi connectivity index (χ4v) is 1.01. The van der Waals surface area contributed by atoms with E-state index in [-0.39, 0.29) is 0 Å². The van der Waals surface area contributed by atoms with Gasteiger partial charge in [-0.1, -0.05) is 35.5 Å². The second-order valence-corrected chi connectivity index (χ2v) is 2.60. The Kier molecular flexibility index (Phi) is 3.38. The van der Waals surface area contributed by atoms with Gasteiger partial charge in [-0.2, -0.15) is 4.91 Å². The van der Waals surface area contributed by atoms with Crippen molar-refractivity contribution in [1.82, 2.24) is 0 Å². The number of halogens is 1. The third-order valence-electron chi connectivity index (χ3n) is 1.64. The lowest BCUT2D eigenvalue weighted by molar-refractivity contribution is 0.427. The van der Waals surface area contributed by atoms with Gasteiger partial charge in [-0.15, -0.1) is 0 Å². The standard InChI is InChI=1S/C9H10FNO/c10-7-9(11-12)6-8-4-2-1-3-5-8/h1-5,9H,6-7H2. The van der Waals surface area contributed by atoms with Gasteiger partial charge in [-0.3, -0.25) is 0 Å². The quantitative estimate of drug-likeness (QED) is 0.633. The molecule has 1 atom stereocenters. The Balaban J connectivity index is 2.56. The van der Waals surface area contributed by atoms with Gasteiger partial charge in [0, 0.05) is 6.42 Å². The predicted molar refractivity (Wildman–Crippen MR) is 45.7 cm³/mol. The highest BCUT2D eigenvalue weighted by atomic mass is 19.1. The molecule has 1 aromatic carbocycles. The number of benzene rings is 1. The first-order chi connectivity index (χ1) is 5.86. The maximum atomic E-state index is 12.0. The molecule has 1 rings (SSSR count). The van der Waals surface area contributed by atoms with E-state index in [1.165, 1.54) is 0 Å². The van der Waals surface area contributed by atoms with Crippen molar-refractivity contribution in [3.8, 4) is 0 Å². The molecule has 0 fully saturated rings. The summed E-state index contributed by atoms with van der Waals surface area (Å²) < 4.78 is 12.0. The summed E-state index contributed by atoms with van der Waals surface area (Å²) in [4.78, 5) is 10.1. The second kappa shape index (κ2) is 4.59. The number of hydrogen-bond donors (Lipinski definition) is 0. The fraction of sp³-hybridized carbons (Fsp3) is 0.333. The van der Waals surface area contributed by atoms with Gasteiger partial charge in [0.05, 0.1) is 0 Å². The first-order valence-corrected chi connectivity index (χ1v) is 3.79. The molecule has 0 aromatic heterocycles. The maximum Gasteiger partial charge on any atom is 0.124 e. The Morgan fingerprint density at radius 1 is 1.33 bits per heavy atom. The highest BCUT2D eigenvalue weighted by Gasteiger charge is 2.07. The molecule has 64 valence electrons. The van der Waals surface area contributed by atoms with Gasteiger partial charge < -0.3 is 0 Å². The smallest absolute Gasteiger partial charge is 0.124 e. The Morgan fingerprint density at radius 3 is 2.50 bits per heavy atom. The summed E-state index contributed by atoms with van der Waals surface area (Å²) in [6.07, 6.45) is 0.390. The molecular weight excluding hydrogens is 157 g/mol. The predicted octanol–water partition coefficient (Wildman–Crippen LogP) is 2.33. The number of alkyl halides is 1. The van der Waals surface area contributed by atoms with Gasteiger partial charge in [0.2, 0.25) is 0 Å². The third-order valence-corrected chi connectivity index (χ3v) is 1.64. The van der Waals surface area contributed by atoms with Crippen molar-refractivity contribution in [2.75, 3.05) is 6.67 Å². The van der Waals surface area contributed by atoms with Crippen LogP contribution >= 0.6 is 0 Å². The molecule has 0 aliphatic rings. The summed E-state index contributed by atoms with van der Waals surface area (Å²) >= 11 is 0. The van der Waals surface area contributed by atoms with E-state index in [2.05, 4.69) is 5.18 Å².